The number of amides is 1. The van der Waals surface area contributed by atoms with E-state index in [9.17, 15) is 9.59 Å². The van der Waals surface area contributed by atoms with E-state index in [4.69, 9.17) is 4.74 Å². The Bertz CT molecular complexity index is 217. The summed E-state index contributed by atoms with van der Waals surface area (Å²) >= 11 is 0. The zero-order valence-corrected chi connectivity index (χ0v) is 7.79. The molecule has 0 spiro atoms. The van der Waals surface area contributed by atoms with Crippen molar-refractivity contribution in [3.63, 3.8) is 0 Å². The maximum atomic E-state index is 11.2. The molecule has 1 rings (SSSR count). The third kappa shape index (κ3) is 2.42. The monoisotopic (exact) mass is 186 g/mol. The lowest BCUT2D eigenvalue weighted by Gasteiger charge is -2.26. The van der Waals surface area contributed by atoms with Gasteiger partial charge in [-0.1, -0.05) is 0 Å². The van der Waals surface area contributed by atoms with Gasteiger partial charge in [0.05, 0.1) is 12.6 Å². The van der Waals surface area contributed by atoms with Crippen LogP contribution in [-0.2, 0) is 14.3 Å². The van der Waals surface area contributed by atoms with Gasteiger partial charge in [0.25, 0.3) is 0 Å². The van der Waals surface area contributed by atoms with Gasteiger partial charge in [0, 0.05) is 6.54 Å². The molecule has 0 aliphatic carbocycles. The highest BCUT2D eigenvalue weighted by atomic mass is 16.5. The first-order chi connectivity index (χ1) is 6.15. The Morgan fingerprint density at radius 3 is 2.92 bits per heavy atom. The highest BCUT2D eigenvalue weighted by molar-refractivity contribution is 5.88. The van der Waals surface area contributed by atoms with Gasteiger partial charge in [-0.05, 0) is 13.8 Å². The molecule has 0 unspecified atom stereocenters. The minimum atomic E-state index is -0.538. The predicted molar refractivity (Wildman–Crippen MR) is 46.0 cm³/mol. The fourth-order valence-electron chi connectivity index (χ4n) is 1.12. The second-order valence-electron chi connectivity index (χ2n) is 2.94. The molecule has 2 atom stereocenters. The third-order valence-electron chi connectivity index (χ3n) is 1.91. The van der Waals surface area contributed by atoms with Crippen molar-refractivity contribution in [1.82, 2.24) is 10.6 Å². The molecule has 0 aromatic heterocycles. The normalized spacial score (nSPS) is 28.0. The quantitative estimate of drug-likeness (QED) is 0.544. The summed E-state index contributed by atoms with van der Waals surface area (Å²) in [5.41, 5.74) is 0. The second kappa shape index (κ2) is 4.23. The number of rotatable bonds is 2. The largest absolute Gasteiger partial charge is 0.464 e. The summed E-state index contributed by atoms with van der Waals surface area (Å²) in [4.78, 5) is 22.3. The molecule has 0 saturated carbocycles. The molecule has 1 aliphatic heterocycles. The zero-order chi connectivity index (χ0) is 9.84. The van der Waals surface area contributed by atoms with Crippen molar-refractivity contribution in [3.05, 3.63) is 0 Å². The zero-order valence-electron chi connectivity index (χ0n) is 7.79. The van der Waals surface area contributed by atoms with E-state index >= 15 is 0 Å². The van der Waals surface area contributed by atoms with Crippen LogP contribution in [-0.4, -0.2) is 37.1 Å². The Labute approximate surface area is 76.8 Å². The van der Waals surface area contributed by atoms with Gasteiger partial charge >= 0.3 is 5.97 Å². The number of carbonyl (C=O) groups excluding carboxylic acids is 2. The van der Waals surface area contributed by atoms with E-state index in [-0.39, 0.29) is 17.9 Å². The summed E-state index contributed by atoms with van der Waals surface area (Å²) in [6.45, 7) is 4.25. The van der Waals surface area contributed by atoms with Crippen LogP contribution in [0.2, 0.25) is 0 Å². The van der Waals surface area contributed by atoms with Gasteiger partial charge in [-0.25, -0.2) is 4.79 Å². The van der Waals surface area contributed by atoms with Crippen molar-refractivity contribution < 1.29 is 14.3 Å². The predicted octanol–water partition coefficient (Wildman–Crippen LogP) is -0.974. The standard InChI is InChI=1S/C8H14N2O3/c1-3-13-8(12)6-4-9-5(2)7(11)10-6/h5-6,9H,3-4H2,1-2H3,(H,10,11)/t5-,6+/m0/s1. The van der Waals surface area contributed by atoms with Crippen LogP contribution in [0.25, 0.3) is 0 Å². The lowest BCUT2D eigenvalue weighted by molar-refractivity contribution is -0.148. The maximum Gasteiger partial charge on any atom is 0.329 e. The molecule has 0 bridgehead atoms. The van der Waals surface area contributed by atoms with Crippen molar-refractivity contribution in [2.75, 3.05) is 13.2 Å². The number of esters is 1. The van der Waals surface area contributed by atoms with Crippen molar-refractivity contribution in [2.24, 2.45) is 0 Å². The van der Waals surface area contributed by atoms with E-state index in [1.807, 2.05) is 0 Å². The van der Waals surface area contributed by atoms with Crippen molar-refractivity contribution >= 4 is 11.9 Å². The van der Waals surface area contributed by atoms with Gasteiger partial charge < -0.3 is 15.4 Å². The first-order valence-corrected chi connectivity index (χ1v) is 4.35. The lowest BCUT2D eigenvalue weighted by atomic mass is 10.1. The van der Waals surface area contributed by atoms with Crippen LogP contribution in [0.15, 0.2) is 0 Å². The van der Waals surface area contributed by atoms with Crippen molar-refractivity contribution in [3.8, 4) is 0 Å². The minimum Gasteiger partial charge on any atom is -0.464 e. The number of carbonyl (C=O) groups is 2. The van der Waals surface area contributed by atoms with Crippen molar-refractivity contribution in [2.45, 2.75) is 25.9 Å². The number of hydrogen-bond acceptors (Lipinski definition) is 4. The summed E-state index contributed by atoms with van der Waals surface area (Å²) in [5.74, 6) is -0.542. The Balaban J connectivity index is 2.45. The van der Waals surface area contributed by atoms with Gasteiger partial charge in [0.2, 0.25) is 5.91 Å². The van der Waals surface area contributed by atoms with Crippen LogP contribution in [0.5, 0.6) is 0 Å². The molecule has 1 fully saturated rings. The molecule has 5 heteroatoms. The molecule has 0 radical (unpaired) electrons. The first kappa shape index (κ1) is 9.98. The van der Waals surface area contributed by atoms with Gasteiger partial charge in [-0.15, -0.1) is 0 Å². The molecule has 1 heterocycles. The number of hydrogen-bond donors (Lipinski definition) is 2. The Morgan fingerprint density at radius 1 is 1.69 bits per heavy atom. The molecular weight excluding hydrogens is 172 g/mol. The molecule has 5 nitrogen and oxygen atoms in total. The van der Waals surface area contributed by atoms with E-state index in [0.717, 1.165) is 0 Å². The van der Waals surface area contributed by atoms with Gasteiger partial charge in [0.1, 0.15) is 6.04 Å². The minimum absolute atomic E-state index is 0.163. The second-order valence-corrected chi connectivity index (χ2v) is 2.94. The van der Waals surface area contributed by atoms with Crippen LogP contribution in [0.3, 0.4) is 0 Å². The van der Waals surface area contributed by atoms with Crippen LogP contribution < -0.4 is 10.6 Å². The third-order valence-corrected chi connectivity index (χ3v) is 1.91. The van der Waals surface area contributed by atoms with Gasteiger partial charge in [-0.3, -0.25) is 4.79 Å². The molecule has 1 aliphatic rings. The van der Waals surface area contributed by atoms with E-state index in [1.165, 1.54) is 0 Å². The Kier molecular flexibility index (Phi) is 3.25. The molecule has 2 N–H and O–H groups in total. The lowest BCUT2D eigenvalue weighted by Crippen LogP contribution is -2.60. The molecule has 13 heavy (non-hydrogen) atoms. The average Bonchev–Trinajstić information content (AvgIpc) is 2.10. The van der Waals surface area contributed by atoms with E-state index in [0.29, 0.717) is 13.2 Å². The molecular formula is C8H14N2O3. The van der Waals surface area contributed by atoms with Crippen molar-refractivity contribution in [1.29, 1.82) is 0 Å². The SMILES string of the molecule is CCOC(=O)[C@H]1CN[C@@H](C)C(=O)N1. The van der Waals surface area contributed by atoms with E-state index < -0.39 is 6.04 Å². The molecule has 74 valence electrons. The van der Waals surface area contributed by atoms with Crippen LogP contribution >= 0.6 is 0 Å². The van der Waals surface area contributed by atoms with E-state index in [1.54, 1.807) is 13.8 Å². The maximum absolute atomic E-state index is 11.2. The summed E-state index contributed by atoms with van der Waals surface area (Å²) in [6, 6.07) is -0.769. The highest BCUT2D eigenvalue weighted by Crippen LogP contribution is 1.96. The first-order valence-electron chi connectivity index (χ1n) is 4.35. The highest BCUT2D eigenvalue weighted by Gasteiger charge is 2.29. The van der Waals surface area contributed by atoms with Crippen LogP contribution in [0.4, 0.5) is 0 Å². The summed E-state index contributed by atoms with van der Waals surface area (Å²) in [5, 5.41) is 5.48. The summed E-state index contributed by atoms with van der Waals surface area (Å²) < 4.78 is 4.77. The fourth-order valence-corrected chi connectivity index (χ4v) is 1.12. The smallest absolute Gasteiger partial charge is 0.329 e. The summed E-state index contributed by atoms with van der Waals surface area (Å²) in [6.07, 6.45) is 0. The Hall–Kier alpha value is -1.10. The Morgan fingerprint density at radius 2 is 2.38 bits per heavy atom. The van der Waals surface area contributed by atoms with E-state index in [2.05, 4.69) is 10.6 Å². The average molecular weight is 186 g/mol. The fraction of sp³-hybridized carbons (Fsp3) is 0.750. The molecule has 1 saturated heterocycles. The van der Waals surface area contributed by atoms with Crippen LogP contribution in [0, 0.1) is 0 Å². The topological polar surface area (TPSA) is 67.4 Å². The molecule has 0 aromatic rings. The number of nitrogens with one attached hydrogen (secondary N) is 2. The molecule has 0 aromatic carbocycles. The van der Waals surface area contributed by atoms with Gasteiger partial charge in [-0.2, -0.15) is 0 Å². The van der Waals surface area contributed by atoms with Crippen LogP contribution in [0.1, 0.15) is 13.8 Å². The van der Waals surface area contributed by atoms with Gasteiger partial charge in [0.15, 0.2) is 0 Å². The number of piperazine rings is 1. The summed E-state index contributed by atoms with van der Waals surface area (Å²) in [7, 11) is 0. The number of ether oxygens (including phenoxy) is 1. The molecule has 1 amide bonds.